The molecular formula is C18H38N2O. The van der Waals surface area contributed by atoms with Gasteiger partial charge in [-0.25, -0.2) is 0 Å². The van der Waals surface area contributed by atoms with Crippen LogP contribution in [-0.4, -0.2) is 50.8 Å². The lowest BCUT2D eigenvalue weighted by Gasteiger charge is -2.33. The van der Waals surface area contributed by atoms with Gasteiger partial charge in [-0.3, -0.25) is 0 Å². The highest BCUT2D eigenvalue weighted by atomic mass is 16.5. The van der Waals surface area contributed by atoms with Gasteiger partial charge < -0.3 is 15.0 Å². The number of nitrogens with zero attached hydrogens (tertiary/aromatic N) is 1. The van der Waals surface area contributed by atoms with Gasteiger partial charge in [-0.1, -0.05) is 40.0 Å². The van der Waals surface area contributed by atoms with Gasteiger partial charge in [-0.05, 0) is 37.6 Å². The quantitative estimate of drug-likeness (QED) is 0.624. The standard InChI is InChI=1S/C18H38N2O/c1-5-11-19-18-10-8-6-7-9-17(18)15-20(12-13-21-4)14-16(2)3/h16-19H,5-15H2,1-4H3. The average Bonchev–Trinajstić information content (AvgIpc) is 2.67. The molecular weight excluding hydrogens is 260 g/mol. The molecule has 1 fully saturated rings. The van der Waals surface area contributed by atoms with Crippen molar-refractivity contribution in [3.05, 3.63) is 0 Å². The molecule has 126 valence electrons. The van der Waals surface area contributed by atoms with Gasteiger partial charge in [-0.15, -0.1) is 0 Å². The van der Waals surface area contributed by atoms with Crippen LogP contribution >= 0.6 is 0 Å². The van der Waals surface area contributed by atoms with Crippen LogP contribution < -0.4 is 5.32 Å². The maximum absolute atomic E-state index is 5.30. The summed E-state index contributed by atoms with van der Waals surface area (Å²) in [6, 6.07) is 0.727. The van der Waals surface area contributed by atoms with Crippen LogP contribution in [0.2, 0.25) is 0 Å². The monoisotopic (exact) mass is 298 g/mol. The molecule has 0 aromatic carbocycles. The number of ether oxygens (including phenoxy) is 1. The normalized spacial score (nSPS) is 23.7. The van der Waals surface area contributed by atoms with Crippen LogP contribution in [0.5, 0.6) is 0 Å². The van der Waals surface area contributed by atoms with E-state index in [-0.39, 0.29) is 0 Å². The molecule has 0 amide bonds. The van der Waals surface area contributed by atoms with Crippen molar-refractivity contribution in [2.24, 2.45) is 11.8 Å². The van der Waals surface area contributed by atoms with E-state index >= 15 is 0 Å². The molecule has 1 rings (SSSR count). The molecule has 2 unspecified atom stereocenters. The molecule has 0 aromatic rings. The van der Waals surface area contributed by atoms with E-state index in [1.165, 1.54) is 58.2 Å². The fourth-order valence-electron chi connectivity index (χ4n) is 3.53. The average molecular weight is 299 g/mol. The summed E-state index contributed by atoms with van der Waals surface area (Å²) in [6.07, 6.45) is 8.23. The second-order valence-corrected chi connectivity index (χ2v) is 7.10. The highest BCUT2D eigenvalue weighted by Gasteiger charge is 2.25. The Balaban J connectivity index is 2.56. The van der Waals surface area contributed by atoms with Crippen molar-refractivity contribution in [3.63, 3.8) is 0 Å². The van der Waals surface area contributed by atoms with Gasteiger partial charge in [0.15, 0.2) is 0 Å². The molecule has 0 saturated heterocycles. The Morgan fingerprint density at radius 1 is 1.19 bits per heavy atom. The van der Waals surface area contributed by atoms with E-state index in [1.807, 2.05) is 7.11 Å². The Morgan fingerprint density at radius 3 is 2.62 bits per heavy atom. The zero-order valence-corrected chi connectivity index (χ0v) is 14.9. The first-order chi connectivity index (χ1) is 10.2. The Labute approximate surface area is 132 Å². The molecule has 0 radical (unpaired) electrons. The van der Waals surface area contributed by atoms with Crippen LogP contribution in [0.15, 0.2) is 0 Å². The first kappa shape index (κ1) is 18.9. The number of nitrogens with one attached hydrogen (secondary N) is 1. The van der Waals surface area contributed by atoms with Crippen molar-refractivity contribution in [2.45, 2.75) is 65.3 Å². The minimum Gasteiger partial charge on any atom is -0.383 e. The summed E-state index contributed by atoms with van der Waals surface area (Å²) < 4.78 is 5.30. The third kappa shape index (κ3) is 8.18. The second-order valence-electron chi connectivity index (χ2n) is 7.10. The van der Waals surface area contributed by atoms with Gasteiger partial charge in [0.05, 0.1) is 6.61 Å². The van der Waals surface area contributed by atoms with Crippen LogP contribution in [0.3, 0.4) is 0 Å². The zero-order valence-electron chi connectivity index (χ0n) is 14.9. The summed E-state index contributed by atoms with van der Waals surface area (Å²) >= 11 is 0. The molecule has 0 spiro atoms. The van der Waals surface area contributed by atoms with E-state index in [0.717, 1.165) is 31.0 Å². The topological polar surface area (TPSA) is 24.5 Å². The number of rotatable bonds is 10. The van der Waals surface area contributed by atoms with Crippen molar-refractivity contribution in [1.82, 2.24) is 10.2 Å². The van der Waals surface area contributed by atoms with Crippen molar-refractivity contribution < 1.29 is 4.74 Å². The lowest BCUT2D eigenvalue weighted by atomic mass is 9.93. The van der Waals surface area contributed by atoms with Gasteiger partial charge in [0.2, 0.25) is 0 Å². The highest BCUT2D eigenvalue weighted by Crippen LogP contribution is 2.25. The van der Waals surface area contributed by atoms with Crippen LogP contribution in [0.25, 0.3) is 0 Å². The molecule has 1 saturated carbocycles. The molecule has 0 heterocycles. The maximum atomic E-state index is 5.30. The highest BCUT2D eigenvalue weighted by molar-refractivity contribution is 4.82. The lowest BCUT2D eigenvalue weighted by Crippen LogP contribution is -2.44. The molecule has 3 heteroatoms. The third-order valence-corrected chi connectivity index (χ3v) is 4.54. The van der Waals surface area contributed by atoms with Crippen LogP contribution in [0, 0.1) is 11.8 Å². The van der Waals surface area contributed by atoms with Crippen molar-refractivity contribution >= 4 is 0 Å². The fourth-order valence-corrected chi connectivity index (χ4v) is 3.53. The first-order valence-corrected chi connectivity index (χ1v) is 9.12. The lowest BCUT2D eigenvalue weighted by molar-refractivity contribution is 0.118. The van der Waals surface area contributed by atoms with Gasteiger partial charge >= 0.3 is 0 Å². The minimum absolute atomic E-state index is 0.727. The van der Waals surface area contributed by atoms with E-state index in [4.69, 9.17) is 4.74 Å². The van der Waals surface area contributed by atoms with E-state index in [0.29, 0.717) is 0 Å². The smallest absolute Gasteiger partial charge is 0.0589 e. The van der Waals surface area contributed by atoms with Gasteiger partial charge in [0.25, 0.3) is 0 Å². The summed E-state index contributed by atoms with van der Waals surface area (Å²) in [4.78, 5) is 2.63. The molecule has 0 aliphatic heterocycles. The summed E-state index contributed by atoms with van der Waals surface area (Å²) in [7, 11) is 1.81. The minimum atomic E-state index is 0.727. The van der Waals surface area contributed by atoms with Gasteiger partial charge in [-0.2, -0.15) is 0 Å². The van der Waals surface area contributed by atoms with Crippen molar-refractivity contribution in [2.75, 3.05) is 39.9 Å². The molecule has 0 aromatic heterocycles. The Bertz CT molecular complexity index is 245. The Hall–Kier alpha value is -0.120. The maximum Gasteiger partial charge on any atom is 0.0589 e. The van der Waals surface area contributed by atoms with E-state index < -0.39 is 0 Å². The molecule has 1 aliphatic carbocycles. The number of methoxy groups -OCH3 is 1. The van der Waals surface area contributed by atoms with Gasteiger partial charge in [0.1, 0.15) is 0 Å². The largest absolute Gasteiger partial charge is 0.383 e. The molecule has 1 N–H and O–H groups in total. The summed E-state index contributed by atoms with van der Waals surface area (Å²) in [5.74, 6) is 1.55. The second kappa shape index (κ2) is 11.4. The summed E-state index contributed by atoms with van der Waals surface area (Å²) in [6.45, 7) is 12.4. The van der Waals surface area contributed by atoms with E-state index in [9.17, 15) is 0 Å². The zero-order chi connectivity index (χ0) is 15.5. The van der Waals surface area contributed by atoms with Crippen LogP contribution in [-0.2, 0) is 4.74 Å². The number of hydrogen-bond donors (Lipinski definition) is 1. The van der Waals surface area contributed by atoms with E-state index in [1.54, 1.807) is 0 Å². The first-order valence-electron chi connectivity index (χ1n) is 9.12. The van der Waals surface area contributed by atoms with Crippen molar-refractivity contribution in [3.8, 4) is 0 Å². The number of hydrogen-bond acceptors (Lipinski definition) is 3. The van der Waals surface area contributed by atoms with Crippen LogP contribution in [0.1, 0.15) is 59.3 Å². The SMILES string of the molecule is CCCNC1CCCCCC1CN(CCOC)CC(C)C. The molecule has 21 heavy (non-hydrogen) atoms. The Kier molecular flexibility index (Phi) is 10.3. The third-order valence-electron chi connectivity index (χ3n) is 4.54. The van der Waals surface area contributed by atoms with Gasteiger partial charge in [0, 0.05) is 32.8 Å². The Morgan fingerprint density at radius 2 is 1.95 bits per heavy atom. The molecule has 2 atom stereocenters. The molecule has 1 aliphatic rings. The van der Waals surface area contributed by atoms with Crippen molar-refractivity contribution in [1.29, 1.82) is 0 Å². The fraction of sp³-hybridized carbons (Fsp3) is 1.00. The summed E-state index contributed by atoms with van der Waals surface area (Å²) in [5.41, 5.74) is 0. The molecule has 3 nitrogen and oxygen atoms in total. The predicted molar refractivity (Wildman–Crippen MR) is 91.8 cm³/mol. The summed E-state index contributed by atoms with van der Waals surface area (Å²) in [5, 5.41) is 3.82. The van der Waals surface area contributed by atoms with E-state index in [2.05, 4.69) is 31.0 Å². The predicted octanol–water partition coefficient (Wildman–Crippen LogP) is 3.54. The molecule has 0 bridgehead atoms. The van der Waals surface area contributed by atoms with Crippen LogP contribution in [0.4, 0.5) is 0 Å².